The number of nitrogens with zero attached hydrogens (tertiary/aromatic N) is 1. The number of hydrogen-bond donors (Lipinski definition) is 1. The minimum atomic E-state index is -0.0930. The first-order valence-electron chi connectivity index (χ1n) is 8.43. The highest BCUT2D eigenvalue weighted by Crippen LogP contribution is 2.33. The summed E-state index contributed by atoms with van der Waals surface area (Å²) in [6.07, 6.45) is 4.92. The fourth-order valence-electron chi connectivity index (χ4n) is 3.22. The van der Waals surface area contributed by atoms with Gasteiger partial charge in [-0.25, -0.2) is 0 Å². The van der Waals surface area contributed by atoms with Gasteiger partial charge in [0.1, 0.15) is 0 Å². The molecule has 0 bridgehead atoms. The number of hydrogen-bond acceptors (Lipinski definition) is 3. The Morgan fingerprint density at radius 3 is 2.26 bits per heavy atom. The van der Waals surface area contributed by atoms with Crippen LogP contribution >= 0.6 is 0 Å². The Hall–Kier alpha value is -1.88. The second kappa shape index (κ2) is 7.13. The van der Waals surface area contributed by atoms with Crippen molar-refractivity contribution in [3.05, 3.63) is 24.3 Å². The Balaban J connectivity index is 1.81. The van der Waals surface area contributed by atoms with Crippen molar-refractivity contribution < 1.29 is 14.3 Å². The van der Waals surface area contributed by atoms with E-state index in [1.165, 1.54) is 6.92 Å². The van der Waals surface area contributed by atoms with Crippen molar-refractivity contribution >= 4 is 23.2 Å². The predicted octanol–water partition coefficient (Wildman–Crippen LogP) is 2.96. The van der Waals surface area contributed by atoms with E-state index in [-0.39, 0.29) is 23.8 Å². The van der Waals surface area contributed by atoms with Gasteiger partial charge < -0.3 is 15.0 Å². The monoisotopic (exact) mass is 316 g/mol. The van der Waals surface area contributed by atoms with Crippen LogP contribution in [0.4, 0.5) is 11.4 Å². The van der Waals surface area contributed by atoms with Gasteiger partial charge in [-0.05, 0) is 49.9 Å². The van der Waals surface area contributed by atoms with Crippen LogP contribution in [0.25, 0.3) is 0 Å². The van der Waals surface area contributed by atoms with Crippen LogP contribution in [0.15, 0.2) is 24.3 Å². The van der Waals surface area contributed by atoms with Crippen LogP contribution < -0.4 is 10.2 Å². The van der Waals surface area contributed by atoms with E-state index in [2.05, 4.69) is 5.32 Å². The van der Waals surface area contributed by atoms with Gasteiger partial charge in [0.2, 0.25) is 11.8 Å². The number of ether oxygens (including phenoxy) is 1. The summed E-state index contributed by atoms with van der Waals surface area (Å²) in [5.41, 5.74) is 1.67. The van der Waals surface area contributed by atoms with Gasteiger partial charge in [-0.2, -0.15) is 0 Å². The van der Waals surface area contributed by atoms with Crippen LogP contribution in [0.2, 0.25) is 0 Å². The molecule has 1 N–H and O–H groups in total. The van der Waals surface area contributed by atoms with E-state index in [0.29, 0.717) is 13.2 Å². The molecule has 5 heteroatoms. The van der Waals surface area contributed by atoms with Gasteiger partial charge in [0.15, 0.2) is 0 Å². The number of amides is 2. The fourth-order valence-corrected chi connectivity index (χ4v) is 3.22. The maximum absolute atomic E-state index is 12.9. The minimum Gasteiger partial charge on any atom is -0.381 e. The predicted molar refractivity (Wildman–Crippen MR) is 89.4 cm³/mol. The molecule has 124 valence electrons. The topological polar surface area (TPSA) is 58.6 Å². The Morgan fingerprint density at radius 2 is 1.74 bits per heavy atom. The van der Waals surface area contributed by atoms with Crippen LogP contribution in [-0.2, 0) is 14.3 Å². The fraction of sp³-hybridized carbons (Fsp3) is 0.556. The number of nitrogens with one attached hydrogen (secondary N) is 1. The van der Waals surface area contributed by atoms with Crippen molar-refractivity contribution in [3.63, 3.8) is 0 Å². The first-order chi connectivity index (χ1) is 11.1. The van der Waals surface area contributed by atoms with Crippen molar-refractivity contribution in [1.29, 1.82) is 0 Å². The van der Waals surface area contributed by atoms with Crippen molar-refractivity contribution in [3.8, 4) is 0 Å². The second-order valence-electron chi connectivity index (χ2n) is 6.41. The van der Waals surface area contributed by atoms with Crippen molar-refractivity contribution in [2.75, 3.05) is 23.4 Å². The first-order valence-corrected chi connectivity index (χ1v) is 8.43. The average molecular weight is 316 g/mol. The van der Waals surface area contributed by atoms with Gasteiger partial charge >= 0.3 is 0 Å². The third kappa shape index (κ3) is 3.72. The molecule has 1 aliphatic carbocycles. The molecule has 5 nitrogen and oxygen atoms in total. The van der Waals surface area contributed by atoms with Crippen LogP contribution in [0.1, 0.15) is 39.0 Å². The summed E-state index contributed by atoms with van der Waals surface area (Å²) in [4.78, 5) is 26.0. The molecule has 1 aromatic carbocycles. The lowest BCUT2D eigenvalue weighted by molar-refractivity contribution is -0.125. The lowest BCUT2D eigenvalue weighted by Gasteiger charge is -2.38. The van der Waals surface area contributed by atoms with E-state index in [4.69, 9.17) is 4.74 Å². The maximum Gasteiger partial charge on any atom is 0.230 e. The van der Waals surface area contributed by atoms with Gasteiger partial charge in [-0.15, -0.1) is 0 Å². The molecule has 2 aliphatic rings. The molecule has 1 saturated carbocycles. The van der Waals surface area contributed by atoms with Crippen LogP contribution in [0.5, 0.6) is 0 Å². The third-order valence-electron chi connectivity index (χ3n) is 4.71. The lowest BCUT2D eigenvalue weighted by atomic mass is 9.83. The number of rotatable bonds is 4. The number of carbonyl (C=O) groups excluding carboxylic acids is 2. The lowest BCUT2D eigenvalue weighted by Crippen LogP contribution is -2.47. The molecule has 2 amide bonds. The summed E-state index contributed by atoms with van der Waals surface area (Å²) in [6, 6.07) is 7.78. The Labute approximate surface area is 137 Å². The molecule has 1 aliphatic heterocycles. The van der Waals surface area contributed by atoms with Crippen LogP contribution in [-0.4, -0.2) is 31.1 Å². The smallest absolute Gasteiger partial charge is 0.230 e. The van der Waals surface area contributed by atoms with Crippen molar-refractivity contribution in [1.82, 2.24) is 0 Å². The summed E-state index contributed by atoms with van der Waals surface area (Å²) >= 11 is 0. The highest BCUT2D eigenvalue weighted by atomic mass is 16.5. The molecule has 0 unspecified atom stereocenters. The SMILES string of the molecule is CC(=O)Nc1ccc(N(C(=O)C2CCC2)C2CCOCC2)cc1. The summed E-state index contributed by atoms with van der Waals surface area (Å²) in [6.45, 7) is 2.91. The maximum atomic E-state index is 12.9. The van der Waals surface area contributed by atoms with Crippen molar-refractivity contribution in [2.45, 2.75) is 45.1 Å². The first kappa shape index (κ1) is 16.0. The summed E-state index contributed by atoms with van der Waals surface area (Å²) < 4.78 is 5.44. The normalized spacial score (nSPS) is 19.0. The zero-order valence-electron chi connectivity index (χ0n) is 13.6. The third-order valence-corrected chi connectivity index (χ3v) is 4.71. The Morgan fingerprint density at radius 1 is 1.09 bits per heavy atom. The Bertz CT molecular complexity index is 560. The second-order valence-corrected chi connectivity index (χ2v) is 6.41. The van der Waals surface area contributed by atoms with E-state index in [9.17, 15) is 9.59 Å². The molecule has 0 spiro atoms. The molecular formula is C18H24N2O3. The minimum absolute atomic E-state index is 0.0930. The molecule has 1 aromatic rings. The Kier molecular flexibility index (Phi) is 4.96. The molecule has 23 heavy (non-hydrogen) atoms. The van der Waals surface area contributed by atoms with Gasteiger partial charge in [0.05, 0.1) is 0 Å². The molecule has 0 radical (unpaired) electrons. The zero-order valence-corrected chi connectivity index (χ0v) is 13.6. The molecule has 3 rings (SSSR count). The van der Waals surface area contributed by atoms with E-state index in [1.54, 1.807) is 0 Å². The summed E-state index contributed by atoms with van der Waals surface area (Å²) in [5, 5.41) is 2.76. The summed E-state index contributed by atoms with van der Waals surface area (Å²) in [7, 11) is 0. The molecule has 0 atom stereocenters. The standard InChI is InChI=1S/C18H24N2O3/c1-13(21)19-15-5-7-16(8-6-15)20(17-9-11-23-12-10-17)18(22)14-3-2-4-14/h5-8,14,17H,2-4,9-12H2,1H3,(H,19,21). The quantitative estimate of drug-likeness (QED) is 0.929. The van der Waals surface area contributed by atoms with Gasteiger partial charge in [0, 0.05) is 43.5 Å². The molecule has 0 aromatic heterocycles. The molecule has 1 heterocycles. The largest absolute Gasteiger partial charge is 0.381 e. The van der Waals surface area contributed by atoms with Gasteiger partial charge in [-0.1, -0.05) is 6.42 Å². The highest BCUT2D eigenvalue weighted by molar-refractivity contribution is 5.96. The van der Waals surface area contributed by atoms with E-state index in [1.807, 2.05) is 29.2 Å². The molecule has 1 saturated heterocycles. The average Bonchev–Trinajstić information content (AvgIpc) is 2.48. The summed E-state index contributed by atoms with van der Waals surface area (Å²) in [5.74, 6) is 0.327. The van der Waals surface area contributed by atoms with Gasteiger partial charge in [0.25, 0.3) is 0 Å². The van der Waals surface area contributed by atoms with E-state index >= 15 is 0 Å². The zero-order chi connectivity index (χ0) is 16.2. The van der Waals surface area contributed by atoms with Gasteiger partial charge in [-0.3, -0.25) is 9.59 Å². The highest BCUT2D eigenvalue weighted by Gasteiger charge is 2.34. The van der Waals surface area contributed by atoms with Crippen LogP contribution in [0.3, 0.4) is 0 Å². The van der Waals surface area contributed by atoms with E-state index in [0.717, 1.165) is 43.5 Å². The number of anilines is 2. The number of carbonyl (C=O) groups is 2. The van der Waals surface area contributed by atoms with Crippen molar-refractivity contribution in [2.24, 2.45) is 5.92 Å². The van der Waals surface area contributed by atoms with Crippen LogP contribution in [0, 0.1) is 5.92 Å². The molecule has 2 fully saturated rings. The molecular weight excluding hydrogens is 292 g/mol. The van der Waals surface area contributed by atoms with E-state index < -0.39 is 0 Å². The number of benzene rings is 1.